The first kappa shape index (κ1) is 14.9. The van der Waals surface area contributed by atoms with Crippen LogP contribution in [0.2, 0.25) is 0 Å². The smallest absolute Gasteiger partial charge is 0.191 e. The van der Waals surface area contributed by atoms with Crippen LogP contribution in [0.5, 0.6) is 0 Å². The lowest BCUT2D eigenvalue weighted by Gasteiger charge is -2.10. The fourth-order valence-corrected chi connectivity index (χ4v) is 2.27. The third-order valence-electron chi connectivity index (χ3n) is 2.40. The predicted molar refractivity (Wildman–Crippen MR) is 76.4 cm³/mol. The Labute approximate surface area is 113 Å². The van der Waals surface area contributed by atoms with E-state index in [0.29, 0.717) is 6.61 Å². The second kappa shape index (κ2) is 8.88. The van der Waals surface area contributed by atoms with E-state index < -0.39 is 0 Å². The average molecular weight is 270 g/mol. The Kier molecular flexibility index (Phi) is 7.36. The Hall–Kier alpha value is -1.14. The van der Waals surface area contributed by atoms with E-state index in [0.717, 1.165) is 31.9 Å². The number of nitrogens with one attached hydrogen (secondary N) is 2. The van der Waals surface area contributed by atoms with Crippen molar-refractivity contribution in [2.45, 2.75) is 19.8 Å². The molecule has 1 heterocycles. The first-order valence-electron chi connectivity index (χ1n) is 6.17. The van der Waals surface area contributed by atoms with Crippen molar-refractivity contribution in [2.75, 3.05) is 33.9 Å². The number of ether oxygens (including phenoxy) is 1. The minimum absolute atomic E-state index is 0.674. The molecule has 1 aromatic rings. The third-order valence-corrected chi connectivity index (χ3v) is 3.60. The lowest BCUT2D eigenvalue weighted by Crippen LogP contribution is -2.39. The molecule has 0 radical (unpaired) electrons. The van der Waals surface area contributed by atoms with E-state index in [9.17, 15) is 0 Å². The highest BCUT2D eigenvalue weighted by Crippen LogP contribution is 2.13. The van der Waals surface area contributed by atoms with Gasteiger partial charge in [-0.1, -0.05) is 6.92 Å². The van der Waals surface area contributed by atoms with Crippen LogP contribution in [0.3, 0.4) is 0 Å². The molecule has 0 spiro atoms. The van der Waals surface area contributed by atoms with E-state index in [2.05, 4.69) is 27.5 Å². The number of methoxy groups -OCH3 is 1. The molecule has 0 aliphatic rings. The predicted octanol–water partition coefficient (Wildman–Crippen LogP) is 1.06. The average Bonchev–Trinajstić information content (AvgIpc) is 2.85. The number of rotatable bonds is 7. The highest BCUT2D eigenvalue weighted by Gasteiger charge is 2.01. The third kappa shape index (κ3) is 5.46. The Morgan fingerprint density at radius 1 is 1.44 bits per heavy atom. The van der Waals surface area contributed by atoms with E-state index in [1.54, 1.807) is 25.5 Å². The van der Waals surface area contributed by atoms with E-state index in [4.69, 9.17) is 4.74 Å². The zero-order chi connectivity index (χ0) is 13.2. The molecule has 0 unspecified atom stereocenters. The van der Waals surface area contributed by atoms with Crippen molar-refractivity contribution in [2.24, 2.45) is 4.99 Å². The summed E-state index contributed by atoms with van der Waals surface area (Å²) in [5.74, 6) is 0.805. The molecular formula is C12H22N4OS. The Morgan fingerprint density at radius 2 is 2.22 bits per heavy atom. The number of thiazole rings is 1. The van der Waals surface area contributed by atoms with Crippen molar-refractivity contribution in [3.8, 4) is 0 Å². The molecule has 0 saturated carbocycles. The second-order valence-electron chi connectivity index (χ2n) is 3.74. The van der Waals surface area contributed by atoms with Crippen molar-refractivity contribution in [1.82, 2.24) is 15.6 Å². The van der Waals surface area contributed by atoms with Crippen molar-refractivity contribution >= 4 is 17.3 Å². The minimum atomic E-state index is 0.674. The zero-order valence-corrected chi connectivity index (χ0v) is 12.1. The van der Waals surface area contributed by atoms with Gasteiger partial charge in [0, 0.05) is 44.7 Å². The van der Waals surface area contributed by atoms with Crippen LogP contribution in [-0.4, -0.2) is 44.8 Å². The van der Waals surface area contributed by atoms with Gasteiger partial charge in [-0.25, -0.2) is 4.98 Å². The lowest BCUT2D eigenvalue weighted by molar-refractivity contribution is 0.203. The number of guanidine groups is 1. The molecular weight excluding hydrogens is 248 g/mol. The second-order valence-corrected chi connectivity index (χ2v) is 4.94. The number of aryl methyl sites for hydroxylation is 1. The first-order valence-corrected chi connectivity index (χ1v) is 6.98. The number of hydrogen-bond donors (Lipinski definition) is 2. The van der Waals surface area contributed by atoms with Crippen LogP contribution in [0, 0.1) is 0 Å². The molecule has 0 saturated heterocycles. The highest BCUT2D eigenvalue weighted by atomic mass is 32.1. The topological polar surface area (TPSA) is 58.5 Å². The Morgan fingerprint density at radius 3 is 2.83 bits per heavy atom. The molecule has 6 heteroatoms. The van der Waals surface area contributed by atoms with Gasteiger partial charge in [-0.2, -0.15) is 0 Å². The van der Waals surface area contributed by atoms with Crippen LogP contribution in [0.4, 0.5) is 0 Å². The van der Waals surface area contributed by atoms with E-state index in [-0.39, 0.29) is 0 Å². The summed E-state index contributed by atoms with van der Waals surface area (Å²) in [6, 6.07) is 0. The lowest BCUT2D eigenvalue weighted by atomic mass is 10.4. The maximum Gasteiger partial charge on any atom is 0.191 e. The summed E-state index contributed by atoms with van der Waals surface area (Å²) in [5.41, 5.74) is 0. The maximum atomic E-state index is 4.97. The quantitative estimate of drug-likeness (QED) is 0.442. The summed E-state index contributed by atoms with van der Waals surface area (Å²) < 4.78 is 4.97. The molecule has 0 fully saturated rings. The number of nitrogens with zero attached hydrogens (tertiary/aromatic N) is 2. The molecule has 1 aromatic heterocycles. The van der Waals surface area contributed by atoms with E-state index in [1.165, 1.54) is 9.88 Å². The van der Waals surface area contributed by atoms with Gasteiger partial charge < -0.3 is 15.4 Å². The Bertz CT molecular complexity index is 365. The van der Waals surface area contributed by atoms with E-state index in [1.807, 2.05) is 6.20 Å². The van der Waals surface area contributed by atoms with Gasteiger partial charge >= 0.3 is 0 Å². The van der Waals surface area contributed by atoms with Crippen LogP contribution < -0.4 is 10.6 Å². The van der Waals surface area contributed by atoms with Crippen molar-refractivity contribution in [3.05, 3.63) is 16.1 Å². The first-order chi connectivity index (χ1) is 8.80. The molecule has 0 atom stereocenters. The fourth-order valence-electron chi connectivity index (χ4n) is 1.41. The largest absolute Gasteiger partial charge is 0.383 e. The molecule has 0 aliphatic carbocycles. The standard InChI is InChI=1S/C12H22N4OS/c1-4-10-9-16-11(18-10)5-6-14-12(13-2)15-7-8-17-3/h9H,4-8H2,1-3H3,(H2,13,14,15). The van der Waals surface area contributed by atoms with Crippen LogP contribution >= 0.6 is 11.3 Å². The molecule has 102 valence electrons. The molecule has 0 aliphatic heterocycles. The SMILES string of the molecule is CCc1cnc(CCNC(=NC)NCCOC)s1. The summed E-state index contributed by atoms with van der Waals surface area (Å²) in [6.07, 6.45) is 3.95. The summed E-state index contributed by atoms with van der Waals surface area (Å²) in [5, 5.41) is 7.60. The van der Waals surface area contributed by atoms with Gasteiger partial charge in [0.1, 0.15) is 0 Å². The summed E-state index contributed by atoms with van der Waals surface area (Å²) in [7, 11) is 3.45. The molecule has 0 aromatic carbocycles. The number of hydrogen-bond acceptors (Lipinski definition) is 4. The van der Waals surface area contributed by atoms with Crippen LogP contribution in [0.25, 0.3) is 0 Å². The number of aromatic nitrogens is 1. The summed E-state index contributed by atoms with van der Waals surface area (Å²) >= 11 is 1.78. The zero-order valence-electron chi connectivity index (χ0n) is 11.3. The minimum Gasteiger partial charge on any atom is -0.383 e. The van der Waals surface area contributed by atoms with Gasteiger partial charge in [-0.05, 0) is 6.42 Å². The molecule has 5 nitrogen and oxygen atoms in total. The van der Waals surface area contributed by atoms with Crippen molar-refractivity contribution in [3.63, 3.8) is 0 Å². The molecule has 1 rings (SSSR count). The van der Waals surface area contributed by atoms with Gasteiger partial charge in [-0.3, -0.25) is 4.99 Å². The van der Waals surface area contributed by atoms with Crippen LogP contribution in [0.15, 0.2) is 11.2 Å². The van der Waals surface area contributed by atoms with Crippen LogP contribution in [-0.2, 0) is 17.6 Å². The van der Waals surface area contributed by atoms with E-state index >= 15 is 0 Å². The fraction of sp³-hybridized carbons (Fsp3) is 0.667. The van der Waals surface area contributed by atoms with Crippen LogP contribution in [0.1, 0.15) is 16.8 Å². The summed E-state index contributed by atoms with van der Waals surface area (Å²) in [4.78, 5) is 9.86. The number of aliphatic imine (C=N–C) groups is 1. The molecule has 18 heavy (non-hydrogen) atoms. The van der Waals surface area contributed by atoms with Crippen molar-refractivity contribution < 1.29 is 4.74 Å². The van der Waals surface area contributed by atoms with Gasteiger partial charge in [0.25, 0.3) is 0 Å². The van der Waals surface area contributed by atoms with Gasteiger partial charge in [0.15, 0.2) is 5.96 Å². The van der Waals surface area contributed by atoms with Crippen molar-refractivity contribution in [1.29, 1.82) is 0 Å². The van der Waals surface area contributed by atoms with Gasteiger partial charge in [-0.15, -0.1) is 11.3 Å². The highest BCUT2D eigenvalue weighted by molar-refractivity contribution is 7.11. The molecule has 0 amide bonds. The van der Waals surface area contributed by atoms with Gasteiger partial charge in [0.2, 0.25) is 0 Å². The molecule has 0 bridgehead atoms. The summed E-state index contributed by atoms with van der Waals surface area (Å²) in [6.45, 7) is 4.42. The molecule has 2 N–H and O–H groups in total. The monoisotopic (exact) mass is 270 g/mol. The maximum absolute atomic E-state index is 4.97. The van der Waals surface area contributed by atoms with Gasteiger partial charge in [0.05, 0.1) is 11.6 Å². The normalized spacial score (nSPS) is 11.6. The Balaban J connectivity index is 2.22.